The number of carbonyl (C=O) groups is 1. The molecule has 0 radical (unpaired) electrons. The van der Waals surface area contributed by atoms with Gasteiger partial charge in [-0.2, -0.15) is 0 Å². The van der Waals surface area contributed by atoms with Crippen LogP contribution in [0.5, 0.6) is 0 Å². The molecular weight excluding hydrogens is 286 g/mol. The first-order valence-electron chi connectivity index (χ1n) is 10.2. The first-order valence-corrected chi connectivity index (χ1v) is 10.2. The van der Waals surface area contributed by atoms with E-state index in [1.165, 1.54) is 103 Å². The van der Waals surface area contributed by atoms with Crippen LogP contribution in [-0.4, -0.2) is 35.6 Å². The van der Waals surface area contributed by atoms with Gasteiger partial charge in [-0.25, -0.2) is 0 Å². The first-order chi connectivity index (χ1) is 11.3. The molecule has 3 nitrogen and oxygen atoms in total. The van der Waals surface area contributed by atoms with Crippen molar-refractivity contribution in [3.05, 3.63) is 0 Å². The highest BCUT2D eigenvalue weighted by molar-refractivity contribution is 5.66. The molecule has 3 heteroatoms. The van der Waals surface area contributed by atoms with Gasteiger partial charge < -0.3 is 10.0 Å². The highest BCUT2D eigenvalue weighted by Gasteiger charge is 2.14. The molecule has 23 heavy (non-hydrogen) atoms. The maximum Gasteiger partial charge on any atom is 0.303 e. The van der Waals surface area contributed by atoms with E-state index < -0.39 is 5.97 Å². The molecule has 1 saturated heterocycles. The molecule has 0 aromatic carbocycles. The molecule has 0 spiro atoms. The summed E-state index contributed by atoms with van der Waals surface area (Å²) in [6.07, 6.45) is 20.3. The summed E-state index contributed by atoms with van der Waals surface area (Å²) >= 11 is 0. The van der Waals surface area contributed by atoms with E-state index in [4.69, 9.17) is 5.11 Å². The zero-order valence-corrected chi connectivity index (χ0v) is 15.2. The largest absolute Gasteiger partial charge is 0.481 e. The number of carboxylic acid groups (broad SMARTS) is 1. The third-order valence-corrected chi connectivity index (χ3v) is 4.90. The molecule has 0 aromatic heterocycles. The van der Waals surface area contributed by atoms with Crippen LogP contribution in [0.25, 0.3) is 0 Å². The SMILES string of the molecule is O=C(O)CCCCCCCCCCCCCCCCCN1CC1. The van der Waals surface area contributed by atoms with E-state index in [0.717, 1.165) is 12.8 Å². The van der Waals surface area contributed by atoms with Crippen LogP contribution < -0.4 is 0 Å². The maximum absolute atomic E-state index is 10.4. The fourth-order valence-corrected chi connectivity index (χ4v) is 3.20. The molecule has 0 atom stereocenters. The fraction of sp³-hybridized carbons (Fsp3) is 0.950. The van der Waals surface area contributed by atoms with E-state index in [-0.39, 0.29) is 0 Å². The van der Waals surface area contributed by atoms with Crippen molar-refractivity contribution in [1.82, 2.24) is 4.90 Å². The van der Waals surface area contributed by atoms with Crippen molar-refractivity contribution in [2.75, 3.05) is 19.6 Å². The van der Waals surface area contributed by atoms with Crippen molar-refractivity contribution in [2.24, 2.45) is 0 Å². The molecule has 1 N–H and O–H groups in total. The standard InChI is InChI=1S/C20H39NO2/c22-20(23)16-14-12-10-8-6-4-2-1-3-5-7-9-11-13-15-17-21-18-19-21/h1-19H2,(H,22,23). The van der Waals surface area contributed by atoms with Gasteiger partial charge in [0.1, 0.15) is 0 Å². The number of carboxylic acids is 1. The van der Waals surface area contributed by atoms with Crippen LogP contribution in [0.15, 0.2) is 0 Å². The Hall–Kier alpha value is -0.570. The van der Waals surface area contributed by atoms with Gasteiger partial charge in [0.25, 0.3) is 0 Å². The molecule has 0 saturated carbocycles. The van der Waals surface area contributed by atoms with E-state index in [2.05, 4.69) is 4.90 Å². The average molecular weight is 326 g/mol. The predicted octanol–water partition coefficient (Wildman–Crippen LogP) is 5.63. The Balaban J connectivity index is 1.61. The maximum atomic E-state index is 10.4. The molecule has 0 amide bonds. The molecule has 0 aromatic rings. The molecule has 0 bridgehead atoms. The third kappa shape index (κ3) is 16.1. The van der Waals surface area contributed by atoms with Crippen LogP contribution in [0.3, 0.4) is 0 Å². The van der Waals surface area contributed by atoms with Gasteiger partial charge in [0.15, 0.2) is 0 Å². The van der Waals surface area contributed by atoms with Gasteiger partial charge in [-0.15, -0.1) is 0 Å². The lowest BCUT2D eigenvalue weighted by Crippen LogP contribution is -1.98. The smallest absolute Gasteiger partial charge is 0.303 e. The molecule has 1 fully saturated rings. The summed E-state index contributed by atoms with van der Waals surface area (Å²) in [5.41, 5.74) is 0. The minimum atomic E-state index is -0.652. The predicted molar refractivity (Wildman–Crippen MR) is 97.9 cm³/mol. The number of nitrogens with zero attached hydrogens (tertiary/aromatic N) is 1. The van der Waals surface area contributed by atoms with Crippen LogP contribution >= 0.6 is 0 Å². The van der Waals surface area contributed by atoms with Crippen molar-refractivity contribution in [3.63, 3.8) is 0 Å². The summed E-state index contributed by atoms with van der Waals surface area (Å²) < 4.78 is 0. The quantitative estimate of drug-likeness (QED) is 0.262. The van der Waals surface area contributed by atoms with E-state index >= 15 is 0 Å². The fourth-order valence-electron chi connectivity index (χ4n) is 3.20. The lowest BCUT2D eigenvalue weighted by Gasteiger charge is -2.04. The average Bonchev–Trinajstić information content (AvgIpc) is 3.34. The number of rotatable bonds is 18. The Labute approximate surface area is 143 Å². The molecule has 0 unspecified atom stereocenters. The summed E-state index contributed by atoms with van der Waals surface area (Å²) in [6, 6.07) is 0. The molecule has 1 aliphatic rings. The second kappa shape index (κ2) is 15.0. The minimum Gasteiger partial charge on any atom is -0.481 e. The van der Waals surface area contributed by atoms with Crippen molar-refractivity contribution in [1.29, 1.82) is 0 Å². The van der Waals surface area contributed by atoms with Gasteiger partial charge in [0.05, 0.1) is 0 Å². The molecule has 1 aliphatic heterocycles. The van der Waals surface area contributed by atoms with Crippen LogP contribution in [0.4, 0.5) is 0 Å². The highest BCUT2D eigenvalue weighted by Crippen LogP contribution is 2.14. The Kier molecular flexibility index (Phi) is 13.3. The van der Waals surface area contributed by atoms with Crippen LogP contribution in [0, 0.1) is 0 Å². The normalized spacial score (nSPS) is 14.3. The highest BCUT2D eigenvalue weighted by atomic mass is 16.4. The van der Waals surface area contributed by atoms with Crippen LogP contribution in [0.2, 0.25) is 0 Å². The Morgan fingerprint density at radius 2 is 0.957 bits per heavy atom. The molecule has 136 valence electrons. The number of hydrogen-bond donors (Lipinski definition) is 1. The van der Waals surface area contributed by atoms with Crippen LogP contribution in [-0.2, 0) is 4.79 Å². The van der Waals surface area contributed by atoms with E-state index in [1.54, 1.807) is 0 Å². The topological polar surface area (TPSA) is 40.3 Å². The Morgan fingerprint density at radius 3 is 1.30 bits per heavy atom. The molecule has 1 heterocycles. The summed E-state index contributed by atoms with van der Waals surface area (Å²) in [7, 11) is 0. The summed E-state index contributed by atoms with van der Waals surface area (Å²) in [6.45, 7) is 4.05. The minimum absolute atomic E-state index is 0.346. The number of hydrogen-bond acceptors (Lipinski definition) is 2. The van der Waals surface area contributed by atoms with Gasteiger partial charge in [-0.05, 0) is 19.4 Å². The van der Waals surface area contributed by atoms with Gasteiger partial charge in [0.2, 0.25) is 0 Å². The molecule has 0 aliphatic carbocycles. The van der Waals surface area contributed by atoms with Crippen molar-refractivity contribution < 1.29 is 9.90 Å². The first kappa shape index (κ1) is 20.5. The number of aliphatic carboxylic acids is 1. The second-order valence-corrected chi connectivity index (χ2v) is 7.29. The third-order valence-electron chi connectivity index (χ3n) is 4.90. The van der Waals surface area contributed by atoms with E-state index in [0.29, 0.717) is 6.42 Å². The number of unbranched alkanes of at least 4 members (excludes halogenated alkanes) is 14. The van der Waals surface area contributed by atoms with Crippen molar-refractivity contribution in [2.45, 2.75) is 103 Å². The van der Waals surface area contributed by atoms with E-state index in [1.807, 2.05) is 0 Å². The van der Waals surface area contributed by atoms with Gasteiger partial charge >= 0.3 is 5.97 Å². The molecule has 1 rings (SSSR count). The Bertz CT molecular complexity index is 277. The van der Waals surface area contributed by atoms with Crippen molar-refractivity contribution in [3.8, 4) is 0 Å². The lowest BCUT2D eigenvalue weighted by molar-refractivity contribution is -0.137. The lowest BCUT2D eigenvalue weighted by atomic mass is 10.0. The summed E-state index contributed by atoms with van der Waals surface area (Å²) in [4.78, 5) is 12.9. The van der Waals surface area contributed by atoms with Crippen molar-refractivity contribution >= 4 is 5.97 Å². The van der Waals surface area contributed by atoms with Crippen LogP contribution in [0.1, 0.15) is 103 Å². The van der Waals surface area contributed by atoms with Gasteiger partial charge in [-0.3, -0.25) is 4.79 Å². The zero-order chi connectivity index (χ0) is 16.6. The van der Waals surface area contributed by atoms with Gasteiger partial charge in [0, 0.05) is 19.5 Å². The summed E-state index contributed by atoms with van der Waals surface area (Å²) in [5, 5.41) is 8.55. The summed E-state index contributed by atoms with van der Waals surface area (Å²) in [5.74, 6) is -0.652. The molecular formula is C20H39NO2. The van der Waals surface area contributed by atoms with Gasteiger partial charge in [-0.1, -0.05) is 83.5 Å². The van der Waals surface area contributed by atoms with E-state index in [9.17, 15) is 4.79 Å². The monoisotopic (exact) mass is 325 g/mol. The second-order valence-electron chi connectivity index (χ2n) is 7.29. The zero-order valence-electron chi connectivity index (χ0n) is 15.2. The Morgan fingerprint density at radius 1 is 0.609 bits per heavy atom.